The quantitative estimate of drug-likeness (QED) is 0.700. The largest absolute Gasteiger partial charge is 0.310 e. The highest BCUT2D eigenvalue weighted by Crippen LogP contribution is 2.23. The van der Waals surface area contributed by atoms with Gasteiger partial charge in [-0.3, -0.25) is 0 Å². The Morgan fingerprint density at radius 2 is 1.81 bits per heavy atom. The van der Waals surface area contributed by atoms with Crippen LogP contribution in [0, 0.1) is 0 Å². The molecule has 1 saturated heterocycles. The maximum Gasteiger partial charge on any atom is 0.214 e. The fourth-order valence-corrected chi connectivity index (χ4v) is 4.04. The Bertz CT molecular complexity index is 341. The van der Waals surface area contributed by atoms with Gasteiger partial charge >= 0.3 is 0 Å². The molecular formula is C11H24N2O2S. The van der Waals surface area contributed by atoms with Crippen molar-refractivity contribution in [2.24, 2.45) is 0 Å². The third-order valence-electron chi connectivity index (χ3n) is 2.81. The van der Waals surface area contributed by atoms with Crippen molar-refractivity contribution in [1.82, 2.24) is 9.62 Å². The zero-order valence-corrected chi connectivity index (χ0v) is 11.8. The van der Waals surface area contributed by atoms with Crippen molar-refractivity contribution in [2.45, 2.75) is 52.1 Å². The normalized spacial score (nSPS) is 27.1. The van der Waals surface area contributed by atoms with Crippen molar-refractivity contribution in [3.8, 4) is 0 Å². The topological polar surface area (TPSA) is 49.4 Å². The van der Waals surface area contributed by atoms with Crippen LogP contribution in [0.3, 0.4) is 0 Å². The van der Waals surface area contributed by atoms with E-state index in [0.29, 0.717) is 13.0 Å². The first-order valence-corrected chi connectivity index (χ1v) is 7.41. The van der Waals surface area contributed by atoms with Gasteiger partial charge in [0, 0.05) is 17.6 Å². The lowest BCUT2D eigenvalue weighted by Crippen LogP contribution is -2.58. The Morgan fingerprint density at radius 3 is 2.31 bits per heavy atom. The average Bonchev–Trinajstić information content (AvgIpc) is 2.05. The van der Waals surface area contributed by atoms with Gasteiger partial charge in [0.15, 0.2) is 0 Å². The summed E-state index contributed by atoms with van der Waals surface area (Å²) in [5.41, 5.74) is -0.518. The lowest BCUT2D eigenvalue weighted by Gasteiger charge is -2.41. The number of sulfonamides is 1. The van der Waals surface area contributed by atoms with E-state index in [1.165, 1.54) is 0 Å². The van der Waals surface area contributed by atoms with Gasteiger partial charge in [-0.15, -0.1) is 0 Å². The maximum atomic E-state index is 12.2. The van der Waals surface area contributed by atoms with Crippen molar-refractivity contribution < 1.29 is 8.42 Å². The highest BCUT2D eigenvalue weighted by atomic mass is 32.2. The Hall–Kier alpha value is -0.130. The summed E-state index contributed by atoms with van der Waals surface area (Å²) in [4.78, 5) is 0. The number of hydrogen-bond acceptors (Lipinski definition) is 3. The molecule has 0 unspecified atom stereocenters. The van der Waals surface area contributed by atoms with Gasteiger partial charge in [0.05, 0.1) is 5.75 Å². The van der Waals surface area contributed by atoms with Gasteiger partial charge in [-0.2, -0.15) is 4.31 Å². The van der Waals surface area contributed by atoms with E-state index in [0.717, 1.165) is 6.54 Å². The van der Waals surface area contributed by atoms with Crippen molar-refractivity contribution in [3.05, 3.63) is 0 Å². The summed E-state index contributed by atoms with van der Waals surface area (Å²) in [7, 11) is -3.12. The van der Waals surface area contributed by atoms with Crippen molar-refractivity contribution >= 4 is 10.0 Å². The molecular weight excluding hydrogens is 224 g/mol. The van der Waals surface area contributed by atoms with Gasteiger partial charge in [-0.1, -0.05) is 0 Å². The molecule has 1 fully saturated rings. The van der Waals surface area contributed by atoms with E-state index in [2.05, 4.69) is 5.32 Å². The highest BCUT2D eigenvalue weighted by molar-refractivity contribution is 7.89. The molecule has 0 aliphatic carbocycles. The summed E-state index contributed by atoms with van der Waals surface area (Å²) in [6.07, 6.45) is 0.679. The molecule has 0 radical (unpaired) electrons. The number of nitrogens with one attached hydrogen (secondary N) is 1. The zero-order valence-electron chi connectivity index (χ0n) is 11.0. The molecule has 0 amide bonds. The predicted octanol–water partition coefficient (Wildman–Crippen LogP) is 1.19. The molecule has 0 bridgehead atoms. The molecule has 1 rings (SSSR count). The van der Waals surface area contributed by atoms with E-state index >= 15 is 0 Å². The molecule has 96 valence electrons. The maximum absolute atomic E-state index is 12.2. The second-order valence-corrected chi connectivity index (χ2v) is 8.17. The average molecular weight is 248 g/mol. The van der Waals surface area contributed by atoms with Gasteiger partial charge in [-0.25, -0.2) is 8.42 Å². The molecule has 5 heteroatoms. The second kappa shape index (κ2) is 4.27. The number of rotatable bonds is 0. The third kappa shape index (κ3) is 3.43. The van der Waals surface area contributed by atoms with Crippen LogP contribution in [0.4, 0.5) is 0 Å². The Balaban J connectivity index is 3.05. The first-order valence-electron chi connectivity index (χ1n) is 5.80. The van der Waals surface area contributed by atoms with Crippen LogP contribution in [0.1, 0.15) is 41.0 Å². The first-order chi connectivity index (χ1) is 7.05. The molecule has 0 aromatic rings. The summed E-state index contributed by atoms with van der Waals surface area (Å²) < 4.78 is 26.0. The molecule has 0 spiro atoms. The van der Waals surface area contributed by atoms with Crippen LogP contribution in [0.25, 0.3) is 0 Å². The SMILES string of the molecule is CC1(C)CN(C(C)(C)C)S(=O)(=O)CCCN1. The fourth-order valence-electron chi connectivity index (χ4n) is 1.96. The first kappa shape index (κ1) is 13.9. The minimum absolute atomic E-state index is 0.166. The van der Waals surface area contributed by atoms with Crippen LogP contribution in [0.15, 0.2) is 0 Å². The highest BCUT2D eigenvalue weighted by Gasteiger charge is 2.37. The van der Waals surface area contributed by atoms with Gasteiger partial charge in [0.1, 0.15) is 0 Å². The second-order valence-electron chi connectivity index (χ2n) is 6.16. The van der Waals surface area contributed by atoms with E-state index in [-0.39, 0.29) is 16.8 Å². The molecule has 0 aromatic carbocycles. The molecule has 1 aliphatic heterocycles. The van der Waals surface area contributed by atoms with Crippen LogP contribution >= 0.6 is 0 Å². The molecule has 0 saturated carbocycles. The summed E-state index contributed by atoms with van der Waals surface area (Å²) in [6.45, 7) is 11.2. The summed E-state index contributed by atoms with van der Waals surface area (Å²) >= 11 is 0. The van der Waals surface area contributed by atoms with Gasteiger partial charge in [0.2, 0.25) is 10.0 Å². The van der Waals surface area contributed by atoms with Crippen molar-refractivity contribution in [1.29, 1.82) is 0 Å². The zero-order chi connectivity index (χ0) is 12.6. The van der Waals surface area contributed by atoms with E-state index in [9.17, 15) is 8.42 Å². The monoisotopic (exact) mass is 248 g/mol. The standard InChI is InChI=1S/C11H24N2O2S/c1-10(2,3)13-9-11(4,5)12-7-6-8-16(13,14)15/h12H,6-9H2,1-5H3. The van der Waals surface area contributed by atoms with Crippen LogP contribution < -0.4 is 5.32 Å². The molecule has 0 atom stereocenters. The molecule has 1 aliphatic rings. The summed E-state index contributed by atoms with van der Waals surface area (Å²) in [5.74, 6) is 0.243. The summed E-state index contributed by atoms with van der Waals surface area (Å²) in [6, 6.07) is 0. The predicted molar refractivity (Wildman–Crippen MR) is 66.9 cm³/mol. The Labute approximate surface area is 99.5 Å². The summed E-state index contributed by atoms with van der Waals surface area (Å²) in [5, 5.41) is 3.39. The van der Waals surface area contributed by atoms with Crippen molar-refractivity contribution in [2.75, 3.05) is 18.8 Å². The fraction of sp³-hybridized carbons (Fsp3) is 1.00. The third-order valence-corrected chi connectivity index (χ3v) is 4.96. The molecule has 0 aromatic heterocycles. The van der Waals surface area contributed by atoms with E-state index < -0.39 is 10.0 Å². The van der Waals surface area contributed by atoms with Crippen LogP contribution in [-0.4, -0.2) is 42.6 Å². The molecule has 4 nitrogen and oxygen atoms in total. The van der Waals surface area contributed by atoms with Crippen LogP contribution in [0.2, 0.25) is 0 Å². The number of hydrogen-bond donors (Lipinski definition) is 1. The Kier molecular flexibility index (Phi) is 3.72. The molecule has 1 N–H and O–H groups in total. The van der Waals surface area contributed by atoms with E-state index in [1.807, 2.05) is 34.6 Å². The minimum atomic E-state index is -3.12. The minimum Gasteiger partial charge on any atom is -0.310 e. The smallest absolute Gasteiger partial charge is 0.214 e. The lowest BCUT2D eigenvalue weighted by molar-refractivity contribution is 0.188. The molecule has 1 heterocycles. The number of nitrogens with zero attached hydrogens (tertiary/aromatic N) is 1. The Morgan fingerprint density at radius 1 is 1.25 bits per heavy atom. The van der Waals surface area contributed by atoms with E-state index in [4.69, 9.17) is 0 Å². The van der Waals surface area contributed by atoms with Gasteiger partial charge in [0.25, 0.3) is 0 Å². The lowest BCUT2D eigenvalue weighted by atomic mass is 10.0. The van der Waals surface area contributed by atoms with Crippen LogP contribution in [-0.2, 0) is 10.0 Å². The van der Waals surface area contributed by atoms with Crippen molar-refractivity contribution in [3.63, 3.8) is 0 Å². The van der Waals surface area contributed by atoms with E-state index in [1.54, 1.807) is 4.31 Å². The van der Waals surface area contributed by atoms with Crippen LogP contribution in [0.5, 0.6) is 0 Å². The molecule has 16 heavy (non-hydrogen) atoms. The van der Waals surface area contributed by atoms with Gasteiger partial charge < -0.3 is 5.32 Å². The van der Waals surface area contributed by atoms with Gasteiger partial charge in [-0.05, 0) is 47.6 Å².